The highest BCUT2D eigenvalue weighted by atomic mass is 16.5. The van der Waals surface area contributed by atoms with Crippen LogP contribution in [-0.4, -0.2) is 70.1 Å². The summed E-state index contributed by atoms with van der Waals surface area (Å²) < 4.78 is 18.4. The van der Waals surface area contributed by atoms with Crippen LogP contribution in [-0.2, 0) is 10.2 Å². The van der Waals surface area contributed by atoms with Gasteiger partial charge in [-0.1, -0.05) is 45.0 Å². The number of rotatable bonds is 7. The van der Waals surface area contributed by atoms with E-state index < -0.39 is 6.03 Å². The van der Waals surface area contributed by atoms with E-state index in [2.05, 4.69) is 46.7 Å². The van der Waals surface area contributed by atoms with E-state index in [1.54, 1.807) is 59.4 Å². The predicted octanol–water partition coefficient (Wildman–Crippen LogP) is 6.42. The number of hydrogen-bond donors (Lipinski definition) is 3. The van der Waals surface area contributed by atoms with E-state index in [4.69, 9.17) is 19.3 Å². The molecule has 4 heterocycles. The summed E-state index contributed by atoms with van der Waals surface area (Å²) in [4.78, 5) is 36.3. The first-order valence-corrected chi connectivity index (χ1v) is 15.2. The van der Waals surface area contributed by atoms with E-state index >= 15 is 0 Å². The average molecular weight is 637 g/mol. The average Bonchev–Trinajstić information content (AvgIpc) is 3.51. The molecule has 0 unspecified atom stereocenters. The van der Waals surface area contributed by atoms with E-state index in [9.17, 15) is 9.59 Å². The fourth-order valence-corrected chi connectivity index (χ4v) is 5.02. The molecular formula is C34H36N8O5. The zero-order valence-electron chi connectivity index (χ0n) is 26.6. The first kappa shape index (κ1) is 31.3. The molecule has 5 aromatic rings. The highest BCUT2D eigenvalue weighted by Gasteiger charge is 2.22. The third-order valence-electron chi connectivity index (χ3n) is 7.52. The second-order valence-electron chi connectivity index (χ2n) is 11.9. The molecule has 1 aliphatic rings. The molecule has 13 nitrogen and oxygen atoms in total. The minimum atomic E-state index is -0.443. The topological polar surface area (TPSA) is 145 Å². The van der Waals surface area contributed by atoms with E-state index in [1.165, 1.54) is 0 Å². The molecule has 13 heteroatoms. The number of ether oxygens (including phenoxy) is 3. The molecule has 0 spiro atoms. The summed E-state index contributed by atoms with van der Waals surface area (Å²) in [7, 11) is 1.55. The summed E-state index contributed by atoms with van der Waals surface area (Å²) in [6.45, 7) is 8.23. The van der Waals surface area contributed by atoms with Crippen molar-refractivity contribution >= 4 is 40.2 Å². The van der Waals surface area contributed by atoms with Crippen molar-refractivity contribution in [1.82, 2.24) is 24.6 Å². The summed E-state index contributed by atoms with van der Waals surface area (Å²) >= 11 is 0. The van der Waals surface area contributed by atoms with Crippen LogP contribution in [0.3, 0.4) is 0 Å². The molecular weight excluding hydrogens is 600 g/mol. The largest absolute Gasteiger partial charge is 0.481 e. The number of anilines is 3. The number of pyridine rings is 2. The Bertz CT molecular complexity index is 1900. The molecule has 1 saturated heterocycles. The number of nitrogens with zero attached hydrogens (tertiary/aromatic N) is 5. The standard InChI is InChI=1S/C34H36N8O5/c1-34(2,3)28-20-30(42(40-28)22-9-12-31(45-4)36-21-22)39-32(43)37-26-10-11-27(25-8-6-5-7-24(25)26)47-23-13-14-35-29(19-23)38-33(44)41-15-17-46-18-16-41/h5-14,19-21H,15-18H2,1-4H3,(H,35,38,44)(H2,37,39,43). The monoisotopic (exact) mass is 636 g/mol. The number of aromatic nitrogens is 4. The maximum atomic E-state index is 13.4. The van der Waals surface area contributed by atoms with Crippen LogP contribution in [0.25, 0.3) is 16.5 Å². The van der Waals surface area contributed by atoms with E-state index in [1.807, 2.05) is 36.4 Å². The molecule has 1 aliphatic heterocycles. The minimum Gasteiger partial charge on any atom is -0.481 e. The molecule has 1 fully saturated rings. The van der Waals surface area contributed by atoms with Crippen molar-refractivity contribution in [2.75, 3.05) is 49.4 Å². The zero-order valence-corrected chi connectivity index (χ0v) is 26.6. The van der Waals surface area contributed by atoms with Gasteiger partial charge in [-0.3, -0.25) is 10.6 Å². The molecule has 0 radical (unpaired) electrons. The van der Waals surface area contributed by atoms with Crippen LogP contribution < -0.4 is 25.4 Å². The Labute approximate surface area is 271 Å². The maximum Gasteiger partial charge on any atom is 0.324 e. The van der Waals surface area contributed by atoms with Crippen LogP contribution in [0.2, 0.25) is 0 Å². The molecule has 6 rings (SSSR count). The summed E-state index contributed by atoms with van der Waals surface area (Å²) in [6, 6.07) is 19.3. The molecule has 0 saturated carbocycles. The van der Waals surface area contributed by atoms with E-state index in [0.29, 0.717) is 66.7 Å². The number of benzene rings is 2. The summed E-state index contributed by atoms with van der Waals surface area (Å²) in [5.41, 5.74) is 1.81. The van der Waals surface area contributed by atoms with Crippen LogP contribution in [0.1, 0.15) is 26.5 Å². The number of hydrogen-bond acceptors (Lipinski definition) is 8. The molecule has 47 heavy (non-hydrogen) atoms. The van der Waals surface area contributed by atoms with Crippen LogP contribution in [0.5, 0.6) is 17.4 Å². The smallest absolute Gasteiger partial charge is 0.324 e. The second-order valence-corrected chi connectivity index (χ2v) is 11.9. The Hall–Kier alpha value is -5.69. The van der Waals surface area contributed by atoms with Gasteiger partial charge in [-0.25, -0.2) is 24.2 Å². The van der Waals surface area contributed by atoms with Crippen molar-refractivity contribution in [1.29, 1.82) is 0 Å². The van der Waals surface area contributed by atoms with Crippen molar-refractivity contribution in [3.05, 3.63) is 84.8 Å². The molecule has 3 aromatic heterocycles. The Morgan fingerprint density at radius 2 is 1.68 bits per heavy atom. The first-order chi connectivity index (χ1) is 22.7. The minimum absolute atomic E-state index is 0.240. The van der Waals surface area contributed by atoms with Gasteiger partial charge in [-0.15, -0.1) is 0 Å². The molecule has 242 valence electrons. The van der Waals surface area contributed by atoms with Crippen molar-refractivity contribution in [2.24, 2.45) is 0 Å². The fraction of sp³-hybridized carbons (Fsp3) is 0.265. The van der Waals surface area contributed by atoms with Gasteiger partial charge in [0.1, 0.15) is 23.1 Å². The summed E-state index contributed by atoms with van der Waals surface area (Å²) in [5, 5.41) is 15.1. The number of urea groups is 2. The molecule has 0 aliphatic carbocycles. The first-order valence-electron chi connectivity index (χ1n) is 15.2. The van der Waals surface area contributed by atoms with Gasteiger partial charge in [-0.2, -0.15) is 5.10 Å². The summed E-state index contributed by atoms with van der Waals surface area (Å²) in [6.07, 6.45) is 3.21. The van der Waals surface area contributed by atoms with Gasteiger partial charge in [0.2, 0.25) is 5.88 Å². The Morgan fingerprint density at radius 3 is 2.40 bits per heavy atom. The molecule has 2 aromatic carbocycles. The van der Waals surface area contributed by atoms with Gasteiger partial charge in [-0.05, 0) is 24.3 Å². The Kier molecular flexibility index (Phi) is 8.89. The van der Waals surface area contributed by atoms with Gasteiger partial charge >= 0.3 is 12.1 Å². The second kappa shape index (κ2) is 13.3. The number of fused-ring (bicyclic) bond motifs is 1. The lowest BCUT2D eigenvalue weighted by Crippen LogP contribution is -2.43. The summed E-state index contributed by atoms with van der Waals surface area (Å²) in [5.74, 6) is 2.40. The molecule has 0 bridgehead atoms. The lowest BCUT2D eigenvalue weighted by Gasteiger charge is -2.26. The number of nitrogens with one attached hydrogen (secondary N) is 3. The third-order valence-corrected chi connectivity index (χ3v) is 7.52. The van der Waals surface area contributed by atoms with Crippen molar-refractivity contribution in [3.63, 3.8) is 0 Å². The van der Waals surface area contributed by atoms with Gasteiger partial charge in [0.15, 0.2) is 0 Å². The quantitative estimate of drug-likeness (QED) is 0.186. The zero-order chi connectivity index (χ0) is 33.0. The van der Waals surface area contributed by atoms with Crippen LogP contribution in [0, 0.1) is 0 Å². The Morgan fingerprint density at radius 1 is 0.894 bits per heavy atom. The van der Waals surface area contributed by atoms with Crippen LogP contribution in [0.4, 0.5) is 26.9 Å². The van der Waals surface area contributed by atoms with Crippen molar-refractivity contribution < 1.29 is 23.8 Å². The van der Waals surface area contributed by atoms with Gasteiger partial charge in [0.05, 0.1) is 43.6 Å². The maximum absolute atomic E-state index is 13.4. The van der Waals surface area contributed by atoms with Crippen LogP contribution >= 0.6 is 0 Å². The molecule has 4 amide bonds. The predicted molar refractivity (Wildman–Crippen MR) is 179 cm³/mol. The van der Waals surface area contributed by atoms with E-state index in [0.717, 1.165) is 16.5 Å². The Balaban J connectivity index is 1.20. The van der Waals surface area contributed by atoms with Crippen LogP contribution in [0.15, 0.2) is 79.1 Å². The number of amides is 4. The third kappa shape index (κ3) is 7.25. The molecule has 3 N–H and O–H groups in total. The lowest BCUT2D eigenvalue weighted by molar-refractivity contribution is 0.0564. The SMILES string of the molecule is COc1ccc(-n2nc(C(C)(C)C)cc2NC(=O)Nc2ccc(Oc3ccnc(NC(=O)N4CCOCC4)c3)c3ccccc23)cn1. The van der Waals surface area contributed by atoms with Crippen molar-refractivity contribution in [3.8, 4) is 23.1 Å². The fourth-order valence-electron chi connectivity index (χ4n) is 5.02. The normalized spacial score (nSPS) is 13.2. The van der Waals surface area contributed by atoms with Crippen molar-refractivity contribution in [2.45, 2.75) is 26.2 Å². The number of methoxy groups -OCH3 is 1. The highest BCUT2D eigenvalue weighted by molar-refractivity contribution is 6.07. The lowest BCUT2D eigenvalue weighted by atomic mass is 9.92. The molecule has 0 atom stereocenters. The number of morpholine rings is 1. The number of carbonyl (C=O) groups excluding carboxylic acids is 2. The van der Waals surface area contributed by atoms with Gasteiger partial charge in [0, 0.05) is 53.7 Å². The number of carbonyl (C=O) groups is 2. The highest BCUT2D eigenvalue weighted by Crippen LogP contribution is 2.35. The van der Waals surface area contributed by atoms with Gasteiger partial charge in [0.25, 0.3) is 0 Å². The van der Waals surface area contributed by atoms with E-state index in [-0.39, 0.29) is 11.4 Å². The van der Waals surface area contributed by atoms with Gasteiger partial charge < -0.3 is 24.4 Å².